The van der Waals surface area contributed by atoms with Crippen LogP contribution in [0.5, 0.6) is 0 Å². The second-order valence-electron chi connectivity index (χ2n) is 13.2. The topological polar surface area (TPSA) is 61.8 Å². The van der Waals surface area contributed by atoms with Gasteiger partial charge in [-0.05, 0) is 61.8 Å². The van der Waals surface area contributed by atoms with Gasteiger partial charge in [-0.3, -0.25) is 0 Å². The van der Waals surface area contributed by atoms with Crippen LogP contribution in [0.2, 0.25) is 0 Å². The highest BCUT2D eigenvalue weighted by Gasteiger charge is 2.14. The minimum absolute atomic E-state index is 0.471. The Morgan fingerprint density at radius 1 is 0.408 bits per heavy atom. The Kier molecular flexibility index (Phi) is 27.9. The Hall–Kier alpha value is -2.86. The van der Waals surface area contributed by atoms with Gasteiger partial charge in [-0.2, -0.15) is 0 Å². The average Bonchev–Trinajstić information content (AvgIpc) is 3.13. The molecular formula is C44H66O5. The van der Waals surface area contributed by atoms with E-state index in [0.29, 0.717) is 26.1 Å². The van der Waals surface area contributed by atoms with Gasteiger partial charge in [0.15, 0.2) is 12.6 Å². The van der Waals surface area contributed by atoms with E-state index in [2.05, 4.69) is 48.6 Å². The van der Waals surface area contributed by atoms with Gasteiger partial charge in [-0.15, -0.1) is 0 Å². The van der Waals surface area contributed by atoms with Crippen LogP contribution in [0, 0.1) is 0 Å². The fourth-order valence-corrected chi connectivity index (χ4v) is 5.79. The third-order valence-electron chi connectivity index (χ3n) is 8.75. The lowest BCUT2D eigenvalue weighted by molar-refractivity contribution is -0.215. The lowest BCUT2D eigenvalue weighted by Crippen LogP contribution is -2.24. The number of benzene rings is 2. The minimum atomic E-state index is -0.511. The quantitative estimate of drug-likeness (QED) is 0.0320. The van der Waals surface area contributed by atoms with Gasteiger partial charge in [0.1, 0.15) is 12.6 Å². The Balaban J connectivity index is 1.81. The van der Waals surface area contributed by atoms with Crippen molar-refractivity contribution in [2.45, 2.75) is 167 Å². The van der Waals surface area contributed by atoms with Gasteiger partial charge in [0, 0.05) is 12.8 Å². The summed E-state index contributed by atoms with van der Waals surface area (Å²) in [6, 6.07) is 20.5. The smallest absolute Gasteiger partial charge is 0.180 e. The van der Waals surface area contributed by atoms with E-state index in [4.69, 9.17) is 14.2 Å². The molecule has 5 heteroatoms. The second kappa shape index (κ2) is 32.4. The van der Waals surface area contributed by atoms with Crippen molar-refractivity contribution in [2.24, 2.45) is 0 Å². The summed E-state index contributed by atoms with van der Waals surface area (Å²) in [4.78, 5) is 20.8. The SMILES string of the molecule is O=CCCCCCCCCCCCC=CC(OCc1ccccc1)OC(C=CCCCCCCCCCCCC=O)OCc1ccccc1. The maximum Gasteiger partial charge on any atom is 0.180 e. The Morgan fingerprint density at radius 3 is 1.04 bits per heavy atom. The molecule has 2 unspecified atom stereocenters. The monoisotopic (exact) mass is 674 g/mol. The maximum atomic E-state index is 10.4. The molecule has 0 saturated heterocycles. The first-order chi connectivity index (χ1) is 24.3. The van der Waals surface area contributed by atoms with Gasteiger partial charge in [0.05, 0.1) is 13.2 Å². The fraction of sp³-hybridized carbons (Fsp3) is 0.591. The third-order valence-corrected chi connectivity index (χ3v) is 8.75. The molecule has 0 N–H and O–H groups in total. The molecule has 2 aromatic carbocycles. The van der Waals surface area contributed by atoms with E-state index in [9.17, 15) is 9.59 Å². The normalized spacial score (nSPS) is 12.9. The molecule has 2 rings (SSSR count). The molecule has 2 aromatic rings. The molecule has 0 saturated carbocycles. The van der Waals surface area contributed by atoms with Crippen LogP contribution in [0.15, 0.2) is 85.0 Å². The molecule has 0 amide bonds. The van der Waals surface area contributed by atoms with Crippen molar-refractivity contribution >= 4 is 12.6 Å². The highest BCUT2D eigenvalue weighted by Crippen LogP contribution is 2.16. The number of carbonyl (C=O) groups is 2. The Bertz CT molecular complexity index is 982. The van der Waals surface area contributed by atoms with E-state index >= 15 is 0 Å². The van der Waals surface area contributed by atoms with Gasteiger partial charge in [0.25, 0.3) is 0 Å². The van der Waals surface area contributed by atoms with Crippen molar-refractivity contribution < 1.29 is 23.8 Å². The molecule has 0 spiro atoms. The molecule has 0 aliphatic heterocycles. The molecule has 0 radical (unpaired) electrons. The van der Waals surface area contributed by atoms with Crippen LogP contribution in [0.25, 0.3) is 0 Å². The largest absolute Gasteiger partial charge is 0.344 e. The minimum Gasteiger partial charge on any atom is -0.344 e. The summed E-state index contributed by atoms with van der Waals surface area (Å²) >= 11 is 0. The number of hydrogen-bond acceptors (Lipinski definition) is 5. The van der Waals surface area contributed by atoms with Crippen molar-refractivity contribution in [3.05, 3.63) is 96.1 Å². The lowest BCUT2D eigenvalue weighted by atomic mass is 10.1. The van der Waals surface area contributed by atoms with Crippen LogP contribution in [0.3, 0.4) is 0 Å². The van der Waals surface area contributed by atoms with Crippen LogP contribution < -0.4 is 0 Å². The van der Waals surface area contributed by atoms with Gasteiger partial charge in [-0.1, -0.05) is 163 Å². The van der Waals surface area contributed by atoms with Crippen LogP contribution >= 0.6 is 0 Å². The fourth-order valence-electron chi connectivity index (χ4n) is 5.79. The molecule has 5 nitrogen and oxygen atoms in total. The van der Waals surface area contributed by atoms with Crippen LogP contribution in [0.1, 0.15) is 152 Å². The van der Waals surface area contributed by atoms with E-state index in [1.165, 1.54) is 89.9 Å². The first-order valence-electron chi connectivity index (χ1n) is 19.5. The Morgan fingerprint density at radius 2 is 0.714 bits per heavy atom. The number of ether oxygens (including phenoxy) is 3. The summed E-state index contributed by atoms with van der Waals surface area (Å²) in [5, 5.41) is 0. The van der Waals surface area contributed by atoms with E-state index < -0.39 is 12.6 Å². The zero-order chi connectivity index (χ0) is 34.7. The van der Waals surface area contributed by atoms with Crippen molar-refractivity contribution in [3.63, 3.8) is 0 Å². The van der Waals surface area contributed by atoms with Crippen LogP contribution in [-0.4, -0.2) is 25.2 Å². The van der Waals surface area contributed by atoms with Crippen molar-refractivity contribution in [1.82, 2.24) is 0 Å². The molecule has 0 aromatic heterocycles. The van der Waals surface area contributed by atoms with E-state index in [1.54, 1.807) is 0 Å². The highest BCUT2D eigenvalue weighted by atomic mass is 16.8. The standard InChI is InChI=1S/C44H66O5/c45-37-29-19-15-11-7-3-1-5-9-13-17-27-35-43(47-39-41-31-23-21-24-32-41)49-44(48-40-42-33-25-22-26-34-42)36-28-18-14-10-6-2-4-8-12-16-20-30-38-46/h21-28,31-38,43-44H,1-20,29-30,39-40H2. The summed E-state index contributed by atoms with van der Waals surface area (Å²) in [6.07, 6.45) is 35.0. The Labute approximate surface area is 298 Å². The molecule has 0 bridgehead atoms. The third kappa shape index (κ3) is 25.7. The van der Waals surface area contributed by atoms with Crippen molar-refractivity contribution in [3.8, 4) is 0 Å². The molecule has 2 atom stereocenters. The molecule has 0 heterocycles. The van der Waals surface area contributed by atoms with E-state index in [-0.39, 0.29) is 0 Å². The predicted molar refractivity (Wildman–Crippen MR) is 203 cm³/mol. The number of hydrogen-bond donors (Lipinski definition) is 0. The lowest BCUT2D eigenvalue weighted by Gasteiger charge is -2.22. The van der Waals surface area contributed by atoms with Gasteiger partial charge in [-0.25, -0.2) is 0 Å². The van der Waals surface area contributed by atoms with Crippen LogP contribution in [0.4, 0.5) is 0 Å². The van der Waals surface area contributed by atoms with Gasteiger partial charge >= 0.3 is 0 Å². The molecule has 0 fully saturated rings. The first kappa shape index (κ1) is 42.3. The van der Waals surface area contributed by atoms with E-state index in [1.807, 2.05) is 36.4 Å². The predicted octanol–water partition coefficient (Wildman–Crippen LogP) is 12.2. The van der Waals surface area contributed by atoms with Crippen molar-refractivity contribution in [2.75, 3.05) is 0 Å². The first-order valence-corrected chi connectivity index (χ1v) is 19.5. The maximum absolute atomic E-state index is 10.4. The summed E-state index contributed by atoms with van der Waals surface area (Å²) < 4.78 is 19.0. The molecular weight excluding hydrogens is 608 g/mol. The zero-order valence-corrected chi connectivity index (χ0v) is 30.4. The molecule has 272 valence electrons. The summed E-state index contributed by atoms with van der Waals surface area (Å²) in [6.45, 7) is 0.942. The molecule has 0 aliphatic rings. The van der Waals surface area contributed by atoms with Gasteiger partial charge in [0.2, 0.25) is 0 Å². The highest BCUT2D eigenvalue weighted by molar-refractivity contribution is 5.49. The average molecular weight is 675 g/mol. The van der Waals surface area contributed by atoms with Gasteiger partial charge < -0.3 is 23.8 Å². The van der Waals surface area contributed by atoms with E-state index in [0.717, 1.165) is 62.2 Å². The zero-order valence-electron chi connectivity index (χ0n) is 30.4. The number of rotatable bonds is 34. The second-order valence-corrected chi connectivity index (χ2v) is 13.2. The number of unbranched alkanes of at least 4 members (excludes halogenated alkanes) is 20. The summed E-state index contributed by atoms with van der Waals surface area (Å²) in [5.41, 5.74) is 2.23. The number of carbonyl (C=O) groups excluding carboxylic acids is 2. The summed E-state index contributed by atoms with van der Waals surface area (Å²) in [7, 11) is 0. The van der Waals surface area contributed by atoms with Crippen LogP contribution in [-0.2, 0) is 37.0 Å². The number of allylic oxidation sites excluding steroid dienone is 2. The summed E-state index contributed by atoms with van der Waals surface area (Å²) in [5.74, 6) is 0. The van der Waals surface area contributed by atoms with Crippen molar-refractivity contribution in [1.29, 1.82) is 0 Å². The number of aldehydes is 2. The molecule has 0 aliphatic carbocycles. The molecule has 49 heavy (non-hydrogen) atoms.